The number of methoxy groups -OCH3 is 1. The van der Waals surface area contributed by atoms with Crippen LogP contribution in [0.25, 0.3) is 0 Å². The van der Waals surface area contributed by atoms with Gasteiger partial charge in [0.1, 0.15) is 11.6 Å². The van der Waals surface area contributed by atoms with E-state index in [0.29, 0.717) is 5.56 Å². The number of hydrogen-bond donors (Lipinski definition) is 1. The summed E-state index contributed by atoms with van der Waals surface area (Å²) in [6.07, 6.45) is 0. The second-order valence-corrected chi connectivity index (χ2v) is 4.92. The number of rotatable bonds is 4. The third-order valence-corrected chi connectivity index (χ3v) is 3.32. The normalized spacial score (nSPS) is 10.4. The van der Waals surface area contributed by atoms with E-state index in [-0.39, 0.29) is 22.5 Å². The van der Waals surface area contributed by atoms with Gasteiger partial charge in [0.15, 0.2) is 11.6 Å². The van der Waals surface area contributed by atoms with Crippen LogP contribution < -0.4 is 10.1 Å². The molecule has 0 aromatic heterocycles. The lowest BCUT2D eigenvalue weighted by Gasteiger charge is -2.10. The molecular weight excluding hydrogens is 335 g/mol. The van der Waals surface area contributed by atoms with Gasteiger partial charge in [-0.1, -0.05) is 6.07 Å². The predicted molar refractivity (Wildman–Crippen MR) is 74.3 cm³/mol. The molecule has 20 heavy (non-hydrogen) atoms. The second-order valence-electron chi connectivity index (χ2n) is 4.07. The molecule has 6 heteroatoms. The molecule has 0 unspecified atom stereocenters. The van der Waals surface area contributed by atoms with Crippen molar-refractivity contribution in [1.82, 2.24) is 0 Å². The number of benzene rings is 2. The number of nitrogens with one attached hydrogen (secondary N) is 1. The maximum atomic E-state index is 13.5. The molecule has 2 rings (SSSR count). The zero-order valence-electron chi connectivity index (χ0n) is 10.5. The summed E-state index contributed by atoms with van der Waals surface area (Å²) in [7, 11) is 1.38. The molecular formula is C14H11BrF3NO. The maximum absolute atomic E-state index is 13.5. The molecule has 2 aromatic carbocycles. The Labute approximate surface area is 122 Å². The van der Waals surface area contributed by atoms with Gasteiger partial charge in [-0.05, 0) is 39.7 Å². The molecule has 2 nitrogen and oxygen atoms in total. The van der Waals surface area contributed by atoms with E-state index >= 15 is 0 Å². The van der Waals surface area contributed by atoms with E-state index < -0.39 is 17.5 Å². The van der Waals surface area contributed by atoms with Gasteiger partial charge >= 0.3 is 0 Å². The van der Waals surface area contributed by atoms with Crippen LogP contribution in [-0.4, -0.2) is 7.11 Å². The Morgan fingerprint density at radius 2 is 1.80 bits per heavy atom. The Bertz CT molecular complexity index is 634. The highest BCUT2D eigenvalue weighted by molar-refractivity contribution is 9.10. The SMILES string of the molecule is COc1ccc(CNc2cc(Br)c(F)cc2F)cc1F. The smallest absolute Gasteiger partial charge is 0.165 e. The van der Waals surface area contributed by atoms with Crippen LogP contribution in [0.4, 0.5) is 18.9 Å². The van der Waals surface area contributed by atoms with Crippen molar-refractivity contribution in [1.29, 1.82) is 0 Å². The van der Waals surface area contributed by atoms with Gasteiger partial charge in [-0.3, -0.25) is 0 Å². The highest BCUT2D eigenvalue weighted by atomic mass is 79.9. The van der Waals surface area contributed by atoms with E-state index in [4.69, 9.17) is 4.74 Å². The maximum Gasteiger partial charge on any atom is 0.165 e. The lowest BCUT2D eigenvalue weighted by atomic mass is 10.2. The zero-order valence-corrected chi connectivity index (χ0v) is 12.1. The van der Waals surface area contributed by atoms with Crippen molar-refractivity contribution in [3.63, 3.8) is 0 Å². The molecule has 0 radical (unpaired) electrons. The van der Waals surface area contributed by atoms with E-state index in [9.17, 15) is 13.2 Å². The molecule has 0 aliphatic heterocycles. The first-order valence-electron chi connectivity index (χ1n) is 5.72. The molecule has 0 saturated carbocycles. The van der Waals surface area contributed by atoms with Crippen LogP contribution in [0, 0.1) is 17.5 Å². The fraction of sp³-hybridized carbons (Fsp3) is 0.143. The van der Waals surface area contributed by atoms with E-state index in [0.717, 1.165) is 6.07 Å². The fourth-order valence-corrected chi connectivity index (χ4v) is 2.02. The summed E-state index contributed by atoms with van der Waals surface area (Å²) < 4.78 is 45.0. The Balaban J connectivity index is 2.13. The molecule has 0 saturated heterocycles. The van der Waals surface area contributed by atoms with Crippen molar-refractivity contribution >= 4 is 21.6 Å². The molecule has 0 spiro atoms. The van der Waals surface area contributed by atoms with Crippen LogP contribution in [0.1, 0.15) is 5.56 Å². The molecule has 106 valence electrons. The second kappa shape index (κ2) is 6.17. The first-order chi connectivity index (χ1) is 9.51. The largest absolute Gasteiger partial charge is 0.494 e. The third-order valence-electron chi connectivity index (χ3n) is 2.71. The number of anilines is 1. The van der Waals surface area contributed by atoms with Gasteiger partial charge in [-0.25, -0.2) is 13.2 Å². The molecule has 0 amide bonds. The quantitative estimate of drug-likeness (QED) is 0.824. The van der Waals surface area contributed by atoms with E-state index in [1.54, 1.807) is 6.07 Å². The van der Waals surface area contributed by atoms with Crippen LogP contribution in [0.5, 0.6) is 5.75 Å². The van der Waals surface area contributed by atoms with Gasteiger partial charge in [0.2, 0.25) is 0 Å². The molecule has 2 aromatic rings. The van der Waals surface area contributed by atoms with Crippen LogP contribution in [-0.2, 0) is 6.54 Å². The van der Waals surface area contributed by atoms with Crippen molar-refractivity contribution in [2.45, 2.75) is 6.54 Å². The van der Waals surface area contributed by atoms with Crippen LogP contribution in [0.3, 0.4) is 0 Å². The molecule has 0 aliphatic carbocycles. The van der Waals surface area contributed by atoms with Gasteiger partial charge in [-0.15, -0.1) is 0 Å². The van der Waals surface area contributed by atoms with Crippen LogP contribution in [0.2, 0.25) is 0 Å². The van der Waals surface area contributed by atoms with Crippen LogP contribution in [0.15, 0.2) is 34.8 Å². The lowest BCUT2D eigenvalue weighted by Crippen LogP contribution is -2.03. The standard InChI is InChI=1S/C14H11BrF3NO/c1-20-14-3-2-8(4-12(14)18)7-19-13-5-9(15)10(16)6-11(13)17/h2-6,19H,7H2,1H3. The Morgan fingerprint density at radius 1 is 1.05 bits per heavy atom. The van der Waals surface area contributed by atoms with Crippen molar-refractivity contribution in [3.05, 3.63) is 57.8 Å². The predicted octanol–water partition coefficient (Wildman–Crippen LogP) is 4.49. The molecule has 0 aliphatic rings. The van der Waals surface area contributed by atoms with E-state index in [1.165, 1.54) is 25.3 Å². The first-order valence-corrected chi connectivity index (χ1v) is 6.51. The highest BCUT2D eigenvalue weighted by Gasteiger charge is 2.09. The topological polar surface area (TPSA) is 21.3 Å². The average Bonchev–Trinajstić information content (AvgIpc) is 2.41. The van der Waals surface area contributed by atoms with Crippen molar-refractivity contribution in [3.8, 4) is 5.75 Å². The van der Waals surface area contributed by atoms with Crippen molar-refractivity contribution in [2.75, 3.05) is 12.4 Å². The Morgan fingerprint density at radius 3 is 2.45 bits per heavy atom. The summed E-state index contributed by atoms with van der Waals surface area (Å²) in [5, 5.41) is 2.78. The number of halogens is 4. The summed E-state index contributed by atoms with van der Waals surface area (Å²) >= 11 is 2.98. The average molecular weight is 346 g/mol. The minimum Gasteiger partial charge on any atom is -0.494 e. The van der Waals surface area contributed by atoms with Crippen molar-refractivity contribution < 1.29 is 17.9 Å². The monoisotopic (exact) mass is 345 g/mol. The third kappa shape index (κ3) is 3.25. The first kappa shape index (κ1) is 14.7. The molecule has 0 atom stereocenters. The van der Waals surface area contributed by atoms with Gasteiger partial charge in [0.05, 0.1) is 17.3 Å². The molecule has 0 heterocycles. The van der Waals surface area contributed by atoms with Gasteiger partial charge in [-0.2, -0.15) is 0 Å². The summed E-state index contributed by atoms with van der Waals surface area (Å²) in [6.45, 7) is 0.204. The molecule has 0 bridgehead atoms. The van der Waals surface area contributed by atoms with Gasteiger partial charge in [0, 0.05) is 12.6 Å². The lowest BCUT2D eigenvalue weighted by molar-refractivity contribution is 0.386. The number of ether oxygens (including phenoxy) is 1. The summed E-state index contributed by atoms with van der Waals surface area (Å²) in [6, 6.07) is 6.52. The molecule has 0 fully saturated rings. The fourth-order valence-electron chi connectivity index (χ4n) is 1.68. The zero-order chi connectivity index (χ0) is 14.7. The van der Waals surface area contributed by atoms with Gasteiger partial charge < -0.3 is 10.1 Å². The minimum atomic E-state index is -0.709. The summed E-state index contributed by atoms with van der Waals surface area (Å²) in [4.78, 5) is 0. The van der Waals surface area contributed by atoms with Gasteiger partial charge in [0.25, 0.3) is 0 Å². The molecule has 1 N–H and O–H groups in total. The van der Waals surface area contributed by atoms with E-state index in [2.05, 4.69) is 21.2 Å². The Hall–Kier alpha value is -1.69. The highest BCUT2D eigenvalue weighted by Crippen LogP contribution is 2.24. The van der Waals surface area contributed by atoms with E-state index in [1.807, 2.05) is 0 Å². The Kier molecular flexibility index (Phi) is 4.54. The number of hydrogen-bond acceptors (Lipinski definition) is 2. The van der Waals surface area contributed by atoms with Crippen molar-refractivity contribution in [2.24, 2.45) is 0 Å². The van der Waals surface area contributed by atoms with Crippen LogP contribution >= 0.6 is 15.9 Å². The summed E-state index contributed by atoms with van der Waals surface area (Å²) in [5.41, 5.74) is 0.748. The summed E-state index contributed by atoms with van der Waals surface area (Å²) in [5.74, 6) is -1.74. The minimum absolute atomic E-state index is 0.134.